The van der Waals surface area contributed by atoms with Gasteiger partial charge in [-0.05, 0) is 103 Å². The van der Waals surface area contributed by atoms with Crippen molar-refractivity contribution < 1.29 is 12.8 Å². The second kappa shape index (κ2) is 11.1. The number of rotatable bonds is 8. The molecule has 7 nitrogen and oxygen atoms in total. The first-order valence-electron chi connectivity index (χ1n) is 14.5. The van der Waals surface area contributed by atoms with Crippen LogP contribution < -0.4 is 0 Å². The van der Waals surface area contributed by atoms with Gasteiger partial charge >= 0.3 is 0 Å². The molecule has 0 saturated carbocycles. The van der Waals surface area contributed by atoms with E-state index in [1.54, 1.807) is 0 Å². The monoisotopic (exact) mass is 593 g/mol. The smallest absolute Gasteiger partial charge is 0.147 e. The van der Waals surface area contributed by atoms with Crippen LogP contribution in [0.4, 0.5) is 4.39 Å². The van der Waals surface area contributed by atoms with Crippen LogP contribution in [-0.4, -0.2) is 58.6 Å². The Morgan fingerprint density at radius 1 is 0.860 bits per heavy atom. The fourth-order valence-electron chi connectivity index (χ4n) is 6.12. The Morgan fingerprint density at radius 3 is 2.53 bits per heavy atom. The molecule has 7 rings (SSSR count). The van der Waals surface area contributed by atoms with Gasteiger partial charge in [-0.25, -0.2) is 12.8 Å². The van der Waals surface area contributed by atoms with Crippen LogP contribution in [-0.2, 0) is 22.8 Å². The largest absolute Gasteiger partial charge is 0.353 e. The first-order valence-corrected chi connectivity index (χ1v) is 16.6. The van der Waals surface area contributed by atoms with E-state index in [0.29, 0.717) is 11.1 Å². The van der Waals surface area contributed by atoms with Crippen molar-refractivity contribution in [1.82, 2.24) is 25.1 Å². The summed E-state index contributed by atoms with van der Waals surface area (Å²) in [5, 5.41) is 9.75. The summed E-state index contributed by atoms with van der Waals surface area (Å²) < 4.78 is 38.1. The van der Waals surface area contributed by atoms with Crippen LogP contribution in [0.2, 0.25) is 0 Å². The minimum Gasteiger partial charge on any atom is -0.353 e. The van der Waals surface area contributed by atoms with Crippen LogP contribution >= 0.6 is 0 Å². The fourth-order valence-corrected chi connectivity index (χ4v) is 6.72. The van der Waals surface area contributed by atoms with Crippen LogP contribution in [0.1, 0.15) is 24.0 Å². The molecule has 43 heavy (non-hydrogen) atoms. The van der Waals surface area contributed by atoms with Crippen molar-refractivity contribution in [1.29, 1.82) is 0 Å². The van der Waals surface area contributed by atoms with Crippen molar-refractivity contribution in [3.05, 3.63) is 96.1 Å². The Morgan fingerprint density at radius 2 is 1.70 bits per heavy atom. The van der Waals surface area contributed by atoms with E-state index in [1.165, 1.54) is 36.8 Å². The molecule has 0 bridgehead atoms. The molecule has 0 radical (unpaired) electrons. The molecule has 4 heterocycles. The van der Waals surface area contributed by atoms with Gasteiger partial charge in [0.05, 0.1) is 17.0 Å². The number of nitrogens with one attached hydrogen (secondary N) is 2. The number of nitrogens with zero attached hydrogens (tertiary/aromatic N) is 3. The molecule has 0 amide bonds. The minimum atomic E-state index is -3.16. The number of aromatic nitrogens is 4. The molecule has 0 spiro atoms. The summed E-state index contributed by atoms with van der Waals surface area (Å²) in [5.74, 6) is -0.417. The second-order valence-corrected chi connectivity index (χ2v) is 13.8. The van der Waals surface area contributed by atoms with Crippen molar-refractivity contribution in [3.8, 4) is 33.6 Å². The fraction of sp³-hybridized carbons (Fsp3) is 0.235. The van der Waals surface area contributed by atoms with E-state index >= 15 is 0 Å². The molecule has 1 aliphatic heterocycles. The number of H-pyrrole nitrogens is 2. The SMILES string of the molecule is CS(=O)(=O)CCc1cc(F)cc(-c2cccc3[nH]c(-c4n[nH]c5ccc(-c6cncc(CN7CCCC7)c6)cc45)cc23)c1. The van der Waals surface area contributed by atoms with Gasteiger partial charge in [-0.3, -0.25) is 15.0 Å². The zero-order chi connectivity index (χ0) is 29.6. The molecule has 2 N–H and O–H groups in total. The Kier molecular flexibility index (Phi) is 7.07. The van der Waals surface area contributed by atoms with E-state index < -0.39 is 15.7 Å². The number of sulfone groups is 1. The molecule has 0 unspecified atom stereocenters. The Labute approximate surface area is 249 Å². The highest BCUT2D eigenvalue weighted by atomic mass is 32.2. The molecule has 218 valence electrons. The van der Waals surface area contributed by atoms with Crippen molar-refractivity contribution in [2.24, 2.45) is 0 Å². The number of hydrogen-bond acceptors (Lipinski definition) is 5. The first kappa shape index (κ1) is 27.5. The van der Waals surface area contributed by atoms with Crippen LogP contribution in [0, 0.1) is 5.82 Å². The third kappa shape index (κ3) is 5.83. The second-order valence-electron chi connectivity index (χ2n) is 11.6. The molecular weight excluding hydrogens is 561 g/mol. The molecule has 3 aromatic carbocycles. The average molecular weight is 594 g/mol. The molecule has 0 atom stereocenters. The number of hydrogen-bond donors (Lipinski definition) is 2. The lowest BCUT2D eigenvalue weighted by atomic mass is 9.98. The van der Waals surface area contributed by atoms with Crippen LogP contribution in [0.15, 0.2) is 79.1 Å². The maximum atomic E-state index is 14.7. The van der Waals surface area contributed by atoms with Crippen molar-refractivity contribution in [2.45, 2.75) is 25.8 Å². The van der Waals surface area contributed by atoms with E-state index in [9.17, 15) is 12.8 Å². The van der Waals surface area contributed by atoms with Gasteiger partial charge in [0.25, 0.3) is 0 Å². The summed E-state index contributed by atoms with van der Waals surface area (Å²) in [7, 11) is -3.16. The quantitative estimate of drug-likeness (QED) is 0.203. The summed E-state index contributed by atoms with van der Waals surface area (Å²) in [6.07, 6.45) is 7.84. The maximum Gasteiger partial charge on any atom is 0.147 e. The number of pyridine rings is 1. The van der Waals surface area contributed by atoms with Crippen molar-refractivity contribution in [2.75, 3.05) is 25.1 Å². The predicted molar refractivity (Wildman–Crippen MR) is 170 cm³/mol. The Bertz CT molecular complexity index is 2080. The van der Waals surface area contributed by atoms with Crippen LogP contribution in [0.3, 0.4) is 0 Å². The number of fused-ring (bicyclic) bond motifs is 2. The first-order chi connectivity index (χ1) is 20.8. The highest BCUT2D eigenvalue weighted by molar-refractivity contribution is 7.90. The van der Waals surface area contributed by atoms with E-state index in [0.717, 1.165) is 69.5 Å². The highest BCUT2D eigenvalue weighted by Gasteiger charge is 2.16. The maximum absolute atomic E-state index is 14.7. The summed E-state index contributed by atoms with van der Waals surface area (Å²) in [6, 6.07) is 21.2. The number of likely N-dealkylation sites (tertiary alicyclic amines) is 1. The third-order valence-corrected chi connectivity index (χ3v) is 9.19. The average Bonchev–Trinajstić information content (AvgIpc) is 3.75. The highest BCUT2D eigenvalue weighted by Crippen LogP contribution is 2.36. The molecular formula is C34H32FN5O2S. The van der Waals surface area contributed by atoms with Crippen LogP contribution in [0.25, 0.3) is 55.4 Å². The van der Waals surface area contributed by atoms with Crippen LogP contribution in [0.5, 0.6) is 0 Å². The van der Waals surface area contributed by atoms with Crippen molar-refractivity contribution in [3.63, 3.8) is 0 Å². The summed E-state index contributed by atoms with van der Waals surface area (Å²) in [6.45, 7) is 3.20. The zero-order valence-corrected chi connectivity index (χ0v) is 24.7. The normalized spacial score (nSPS) is 14.3. The molecule has 6 aromatic rings. The number of halogens is 1. The van der Waals surface area contributed by atoms with Gasteiger partial charge in [0.15, 0.2) is 0 Å². The summed E-state index contributed by atoms with van der Waals surface area (Å²) >= 11 is 0. The lowest BCUT2D eigenvalue weighted by Crippen LogP contribution is -2.18. The Hall–Kier alpha value is -4.34. The van der Waals surface area contributed by atoms with Gasteiger partial charge in [-0.2, -0.15) is 5.10 Å². The Balaban J connectivity index is 1.24. The minimum absolute atomic E-state index is 0.0264. The van der Waals surface area contributed by atoms with Gasteiger partial charge in [0.2, 0.25) is 0 Å². The lowest BCUT2D eigenvalue weighted by Gasteiger charge is -2.14. The van der Waals surface area contributed by atoms with Gasteiger partial charge in [-0.1, -0.05) is 24.3 Å². The predicted octanol–water partition coefficient (Wildman–Crippen LogP) is 6.76. The van der Waals surface area contributed by atoms with Gasteiger partial charge in [-0.15, -0.1) is 0 Å². The molecule has 0 aliphatic carbocycles. The lowest BCUT2D eigenvalue weighted by molar-refractivity contribution is 0.331. The number of aromatic amines is 2. The van der Waals surface area contributed by atoms with E-state index in [4.69, 9.17) is 0 Å². The van der Waals surface area contributed by atoms with E-state index in [2.05, 4.69) is 43.3 Å². The molecule has 3 aromatic heterocycles. The van der Waals surface area contributed by atoms with Crippen molar-refractivity contribution >= 4 is 31.6 Å². The van der Waals surface area contributed by atoms with E-state index in [-0.39, 0.29) is 12.2 Å². The molecule has 9 heteroatoms. The summed E-state index contributed by atoms with van der Waals surface area (Å²) in [5.41, 5.74) is 9.06. The van der Waals surface area contributed by atoms with Gasteiger partial charge < -0.3 is 4.98 Å². The van der Waals surface area contributed by atoms with Gasteiger partial charge in [0.1, 0.15) is 21.3 Å². The van der Waals surface area contributed by atoms with Gasteiger partial charge in [0, 0.05) is 47.0 Å². The summed E-state index contributed by atoms with van der Waals surface area (Å²) in [4.78, 5) is 10.5. The third-order valence-electron chi connectivity index (χ3n) is 8.25. The topological polar surface area (TPSA) is 94.7 Å². The molecule has 1 fully saturated rings. The van der Waals surface area contributed by atoms with E-state index in [1.807, 2.05) is 48.8 Å². The standard InChI is InChI=1S/C34H32FN5O2S/c1-43(41,42)12-9-22-13-25(16-27(35)15-22)28-5-4-6-31-29(28)18-33(37-31)34-30-17-24(7-8-32(30)38-39-34)26-14-23(19-36-20-26)21-40-10-2-3-11-40/h4-8,13-20,37H,2-3,9-12,21H2,1H3,(H,38,39). The number of aryl methyl sites for hydroxylation is 1. The molecule has 1 saturated heterocycles. The molecule has 1 aliphatic rings. The number of benzene rings is 3. The zero-order valence-electron chi connectivity index (χ0n) is 23.9.